The molecule has 32 heavy (non-hydrogen) atoms. The molecule has 0 aliphatic carbocycles. The molecule has 4 amide bonds. The molecule has 14 nitrogen and oxygen atoms in total. The lowest BCUT2D eigenvalue weighted by Crippen LogP contribution is -2.59. The van der Waals surface area contributed by atoms with Crippen LogP contribution in [0, 0.1) is 5.92 Å². The smallest absolute Gasteiger partial charge is 0.328 e. The van der Waals surface area contributed by atoms with E-state index >= 15 is 0 Å². The van der Waals surface area contributed by atoms with Gasteiger partial charge in [0.2, 0.25) is 23.6 Å². The predicted octanol–water partition coefficient (Wildman–Crippen LogP) is -3.37. The Kier molecular flexibility index (Phi) is 11.9. The summed E-state index contributed by atoms with van der Waals surface area (Å²) in [5.74, 6) is -6.94. The van der Waals surface area contributed by atoms with Crippen LogP contribution in [0.15, 0.2) is 0 Å². The number of rotatable bonds is 14. The maximum absolute atomic E-state index is 12.7. The van der Waals surface area contributed by atoms with Crippen LogP contribution in [0.3, 0.4) is 0 Å². The molecule has 0 saturated heterocycles. The fourth-order valence-electron chi connectivity index (χ4n) is 2.59. The number of nitrogens with two attached hydrogens (primary N) is 2. The number of carbonyl (C=O) groups is 6. The highest BCUT2D eigenvalue weighted by atomic mass is 16.4. The molecule has 0 bridgehead atoms. The second-order valence-corrected chi connectivity index (χ2v) is 7.69. The van der Waals surface area contributed by atoms with Crippen molar-refractivity contribution in [1.82, 2.24) is 16.0 Å². The van der Waals surface area contributed by atoms with Crippen molar-refractivity contribution in [1.29, 1.82) is 0 Å². The minimum atomic E-state index is -1.74. The highest BCUT2D eigenvalue weighted by molar-refractivity contribution is 5.96. The van der Waals surface area contributed by atoms with Gasteiger partial charge in [0.25, 0.3) is 0 Å². The molecule has 0 aliphatic heterocycles. The standard InChI is InChI=1S/C18H31N5O9/c1-7(2)4-10(21-15(28)9(19)5-12(20)25)16(29)22-11(6-13(26)27)17(30)23-14(8(3)24)18(31)32/h7-11,14,24H,4-6,19H2,1-3H3,(H2,20,25)(H,21,28)(H,22,29)(H,23,30)(H,26,27)(H,31,32). The van der Waals surface area contributed by atoms with Gasteiger partial charge in [0.1, 0.15) is 12.1 Å². The number of primary amides is 1. The van der Waals surface area contributed by atoms with Crippen LogP contribution in [0.5, 0.6) is 0 Å². The Morgan fingerprint density at radius 2 is 1.31 bits per heavy atom. The van der Waals surface area contributed by atoms with Crippen LogP contribution in [0.25, 0.3) is 0 Å². The lowest BCUT2D eigenvalue weighted by atomic mass is 10.0. The van der Waals surface area contributed by atoms with Crippen LogP contribution in [-0.2, 0) is 28.8 Å². The molecule has 10 N–H and O–H groups in total. The minimum absolute atomic E-state index is 0.0771. The fraction of sp³-hybridized carbons (Fsp3) is 0.667. The number of carboxylic acids is 2. The topological polar surface area (TPSA) is 251 Å². The lowest BCUT2D eigenvalue weighted by Gasteiger charge is -2.25. The average molecular weight is 461 g/mol. The van der Waals surface area contributed by atoms with Crippen LogP contribution >= 0.6 is 0 Å². The van der Waals surface area contributed by atoms with Gasteiger partial charge in [-0.3, -0.25) is 24.0 Å². The molecule has 0 saturated carbocycles. The van der Waals surface area contributed by atoms with Crippen molar-refractivity contribution in [3.05, 3.63) is 0 Å². The number of nitrogens with one attached hydrogen (secondary N) is 3. The van der Waals surface area contributed by atoms with E-state index in [1.165, 1.54) is 0 Å². The van der Waals surface area contributed by atoms with Crippen molar-refractivity contribution in [3.8, 4) is 0 Å². The van der Waals surface area contributed by atoms with Gasteiger partial charge in [-0.25, -0.2) is 4.79 Å². The number of amides is 4. The molecule has 0 rings (SSSR count). The summed E-state index contributed by atoms with van der Waals surface area (Å²) in [5.41, 5.74) is 10.6. The number of carboxylic acid groups (broad SMARTS) is 2. The zero-order valence-corrected chi connectivity index (χ0v) is 18.0. The molecule has 0 aromatic carbocycles. The summed E-state index contributed by atoms with van der Waals surface area (Å²) in [4.78, 5) is 70.5. The molecule has 0 aromatic rings. The van der Waals surface area contributed by atoms with Crippen LogP contribution < -0.4 is 27.4 Å². The van der Waals surface area contributed by atoms with Crippen LogP contribution in [-0.4, -0.2) is 81.2 Å². The van der Waals surface area contributed by atoms with E-state index in [2.05, 4.69) is 10.6 Å². The van der Waals surface area contributed by atoms with Crippen molar-refractivity contribution in [2.75, 3.05) is 0 Å². The maximum atomic E-state index is 12.7. The molecular weight excluding hydrogens is 430 g/mol. The maximum Gasteiger partial charge on any atom is 0.328 e. The number of aliphatic hydroxyl groups is 1. The lowest BCUT2D eigenvalue weighted by molar-refractivity contribution is -0.146. The number of carbonyl (C=O) groups excluding carboxylic acids is 4. The molecule has 0 heterocycles. The molecule has 5 atom stereocenters. The third-order valence-electron chi connectivity index (χ3n) is 4.16. The Bertz CT molecular complexity index is 726. The van der Waals surface area contributed by atoms with E-state index < -0.39 is 78.7 Å². The molecule has 0 aliphatic rings. The van der Waals surface area contributed by atoms with Crippen LogP contribution in [0.4, 0.5) is 0 Å². The SMILES string of the molecule is CC(C)CC(NC(=O)C(N)CC(N)=O)C(=O)NC(CC(=O)O)C(=O)NC(C(=O)O)C(C)O. The molecule has 0 radical (unpaired) electrons. The Hall–Kier alpha value is -3.26. The molecule has 0 spiro atoms. The van der Waals surface area contributed by atoms with Crippen LogP contribution in [0.2, 0.25) is 0 Å². The Morgan fingerprint density at radius 3 is 1.72 bits per heavy atom. The zero-order chi connectivity index (χ0) is 25.2. The van der Waals surface area contributed by atoms with Gasteiger partial charge < -0.3 is 42.7 Å². The summed E-state index contributed by atoms with van der Waals surface area (Å²) in [7, 11) is 0. The largest absolute Gasteiger partial charge is 0.481 e. The summed E-state index contributed by atoms with van der Waals surface area (Å²) in [6.07, 6.45) is -2.79. The van der Waals surface area contributed by atoms with Gasteiger partial charge in [-0.1, -0.05) is 13.8 Å². The summed E-state index contributed by atoms with van der Waals surface area (Å²) in [5, 5.41) is 34.1. The van der Waals surface area contributed by atoms with Gasteiger partial charge in [-0.15, -0.1) is 0 Å². The number of aliphatic hydroxyl groups excluding tert-OH is 1. The van der Waals surface area contributed by atoms with E-state index in [9.17, 15) is 33.9 Å². The van der Waals surface area contributed by atoms with Gasteiger partial charge in [-0.2, -0.15) is 0 Å². The summed E-state index contributed by atoms with van der Waals surface area (Å²) in [6, 6.07) is -6.01. The first-order chi connectivity index (χ1) is 14.6. The van der Waals surface area contributed by atoms with Gasteiger partial charge in [0, 0.05) is 0 Å². The third-order valence-corrected chi connectivity index (χ3v) is 4.16. The van der Waals surface area contributed by atoms with Crippen molar-refractivity contribution in [3.63, 3.8) is 0 Å². The molecule has 0 fully saturated rings. The number of aliphatic carboxylic acids is 2. The average Bonchev–Trinajstić information content (AvgIpc) is 2.62. The molecule has 182 valence electrons. The molecule has 14 heteroatoms. The Labute approximate surface area is 184 Å². The minimum Gasteiger partial charge on any atom is -0.481 e. The molecule has 5 unspecified atom stereocenters. The third kappa shape index (κ3) is 10.7. The predicted molar refractivity (Wildman–Crippen MR) is 109 cm³/mol. The second-order valence-electron chi connectivity index (χ2n) is 7.69. The van der Waals surface area contributed by atoms with Crippen molar-refractivity contribution in [2.24, 2.45) is 17.4 Å². The van der Waals surface area contributed by atoms with E-state index in [4.69, 9.17) is 21.7 Å². The van der Waals surface area contributed by atoms with E-state index in [-0.39, 0.29) is 12.3 Å². The Balaban J connectivity index is 5.53. The summed E-state index contributed by atoms with van der Waals surface area (Å²) < 4.78 is 0. The first kappa shape index (κ1) is 28.7. The first-order valence-electron chi connectivity index (χ1n) is 9.73. The molecular formula is C18H31N5O9. The highest BCUT2D eigenvalue weighted by Crippen LogP contribution is 2.07. The van der Waals surface area contributed by atoms with Crippen molar-refractivity contribution in [2.45, 2.75) is 70.3 Å². The first-order valence-corrected chi connectivity index (χ1v) is 9.73. The zero-order valence-electron chi connectivity index (χ0n) is 18.0. The van der Waals surface area contributed by atoms with Gasteiger partial charge >= 0.3 is 11.9 Å². The normalized spacial score (nSPS) is 15.6. The van der Waals surface area contributed by atoms with Gasteiger partial charge in [-0.05, 0) is 19.3 Å². The van der Waals surface area contributed by atoms with Crippen LogP contribution in [0.1, 0.15) is 40.0 Å². The highest BCUT2D eigenvalue weighted by Gasteiger charge is 2.33. The van der Waals surface area contributed by atoms with E-state index in [0.717, 1.165) is 6.92 Å². The van der Waals surface area contributed by atoms with E-state index in [1.807, 2.05) is 5.32 Å². The van der Waals surface area contributed by atoms with Gasteiger partial charge in [0.05, 0.1) is 25.0 Å². The summed E-state index contributed by atoms with van der Waals surface area (Å²) in [6.45, 7) is 4.57. The fourth-order valence-corrected chi connectivity index (χ4v) is 2.59. The van der Waals surface area contributed by atoms with E-state index in [0.29, 0.717) is 0 Å². The quantitative estimate of drug-likeness (QED) is 0.127. The Morgan fingerprint density at radius 1 is 0.812 bits per heavy atom. The van der Waals surface area contributed by atoms with Gasteiger partial charge in [0.15, 0.2) is 6.04 Å². The molecule has 0 aromatic heterocycles. The monoisotopic (exact) mass is 461 g/mol. The number of hydrogen-bond acceptors (Lipinski definition) is 8. The van der Waals surface area contributed by atoms with Crippen molar-refractivity contribution >= 4 is 35.6 Å². The van der Waals surface area contributed by atoms with E-state index in [1.54, 1.807) is 13.8 Å². The number of hydrogen-bond donors (Lipinski definition) is 8. The van der Waals surface area contributed by atoms with Crippen molar-refractivity contribution < 1.29 is 44.1 Å². The second kappa shape index (κ2) is 13.2. The summed E-state index contributed by atoms with van der Waals surface area (Å²) >= 11 is 0.